The van der Waals surface area contributed by atoms with Crippen LogP contribution in [0, 0.1) is 5.92 Å². The van der Waals surface area contributed by atoms with Crippen molar-refractivity contribution in [2.75, 3.05) is 24.7 Å². The first-order valence-electron chi connectivity index (χ1n) is 10.6. The van der Waals surface area contributed by atoms with Crippen molar-refractivity contribution in [2.45, 2.75) is 59.2 Å². The van der Waals surface area contributed by atoms with Crippen molar-refractivity contribution in [1.82, 2.24) is 19.6 Å². The number of aliphatic imine (C=N–C) groups is 1. The number of rotatable bonds is 7. The molecule has 32 heavy (non-hydrogen) atoms. The normalized spacial score (nSPS) is 17.9. The summed E-state index contributed by atoms with van der Waals surface area (Å²) in [6, 6.07) is 0.0991. The van der Waals surface area contributed by atoms with Gasteiger partial charge in [0.25, 0.3) is 0 Å². The predicted octanol–water partition coefficient (Wildman–Crippen LogP) is 4.59. The average Bonchev–Trinajstić information content (AvgIpc) is 2.75. The third kappa shape index (κ3) is 7.47. The van der Waals surface area contributed by atoms with Crippen LogP contribution in [-0.4, -0.2) is 51.4 Å². The van der Waals surface area contributed by atoms with Gasteiger partial charge in [0.2, 0.25) is 11.9 Å². The quantitative estimate of drug-likeness (QED) is 0.343. The van der Waals surface area contributed by atoms with E-state index in [0.29, 0.717) is 5.84 Å². The Hall–Kier alpha value is -2.14. The summed E-state index contributed by atoms with van der Waals surface area (Å²) in [5.74, 6) is 0.226. The van der Waals surface area contributed by atoms with Gasteiger partial charge in [0, 0.05) is 44.4 Å². The summed E-state index contributed by atoms with van der Waals surface area (Å²) in [6.45, 7) is 8.48. The molecule has 1 amide bonds. The summed E-state index contributed by atoms with van der Waals surface area (Å²) in [6.07, 6.45) is 1.98. The van der Waals surface area contributed by atoms with E-state index in [1.165, 1.54) is 20.0 Å². The number of hydrogen-bond donors (Lipinski definition) is 2. The molecule has 0 radical (unpaired) electrons. The molecule has 2 rings (SSSR count). The van der Waals surface area contributed by atoms with Gasteiger partial charge in [0.1, 0.15) is 5.84 Å². The monoisotopic (exact) mass is 472 g/mol. The van der Waals surface area contributed by atoms with Gasteiger partial charge in [0.05, 0.1) is 11.3 Å². The molecule has 1 aromatic heterocycles. The van der Waals surface area contributed by atoms with E-state index < -0.39 is 11.7 Å². The van der Waals surface area contributed by atoms with Gasteiger partial charge in [-0.2, -0.15) is 13.2 Å². The van der Waals surface area contributed by atoms with Crippen LogP contribution in [0.5, 0.6) is 0 Å². The summed E-state index contributed by atoms with van der Waals surface area (Å²) in [7, 11) is 0. The van der Waals surface area contributed by atoms with Crippen LogP contribution in [0.2, 0.25) is 0 Å². The lowest BCUT2D eigenvalue weighted by atomic mass is 10.1. The first-order valence-corrected chi connectivity index (χ1v) is 11.8. The minimum absolute atomic E-state index is 0.0557. The summed E-state index contributed by atoms with van der Waals surface area (Å²) >= 11 is 1.68. The Balaban J connectivity index is 2.34. The fraction of sp³-hybridized carbons (Fsp3) is 0.619. The largest absolute Gasteiger partial charge is 0.419 e. The number of nitrogens with zero attached hydrogens (tertiary/aromatic N) is 4. The van der Waals surface area contributed by atoms with Crippen molar-refractivity contribution >= 4 is 35.2 Å². The summed E-state index contributed by atoms with van der Waals surface area (Å²) in [5.41, 5.74) is -0.924. The van der Waals surface area contributed by atoms with Gasteiger partial charge in [-0.3, -0.25) is 9.10 Å². The van der Waals surface area contributed by atoms with E-state index in [4.69, 9.17) is 0 Å². The zero-order chi connectivity index (χ0) is 23.9. The first kappa shape index (κ1) is 26.1. The zero-order valence-electron chi connectivity index (χ0n) is 19.1. The van der Waals surface area contributed by atoms with Gasteiger partial charge in [-0.15, -0.1) is 0 Å². The Bertz CT molecular complexity index is 850. The first-order chi connectivity index (χ1) is 15.0. The molecule has 2 heterocycles. The molecule has 1 aliphatic rings. The lowest BCUT2D eigenvalue weighted by molar-refractivity contribution is -0.138. The molecule has 0 saturated carbocycles. The van der Waals surface area contributed by atoms with Gasteiger partial charge in [-0.25, -0.2) is 15.0 Å². The number of alkyl halides is 3. The summed E-state index contributed by atoms with van der Waals surface area (Å²) in [4.78, 5) is 23.8. The van der Waals surface area contributed by atoms with Crippen molar-refractivity contribution in [1.29, 1.82) is 0 Å². The van der Waals surface area contributed by atoms with Crippen molar-refractivity contribution in [3.8, 4) is 0 Å². The van der Waals surface area contributed by atoms with Gasteiger partial charge >= 0.3 is 6.18 Å². The molecule has 0 aromatic carbocycles. The Morgan fingerprint density at radius 1 is 1.38 bits per heavy atom. The fourth-order valence-electron chi connectivity index (χ4n) is 3.21. The topological polar surface area (TPSA) is 82.5 Å². The van der Waals surface area contributed by atoms with Crippen LogP contribution in [0.3, 0.4) is 0 Å². The average molecular weight is 473 g/mol. The standard InChI is InChI=1S/C21H31F3N6OS/c1-6-13(2)19(27-15(4)31)25-11-14(3)18-17(21(22,23)24)12-26-20(29-18)28-16-7-9-30(32-5)10-8-16/h11-13,16H,6-10H2,1-5H3,(H,25,27,31)(H,26,28,29)/b14-11+. The molecular weight excluding hydrogens is 441 g/mol. The molecular formula is C21H31F3N6OS. The number of nitrogens with one attached hydrogen (secondary N) is 2. The minimum Gasteiger partial charge on any atom is -0.351 e. The number of piperidine rings is 1. The second kappa shape index (κ2) is 11.6. The van der Waals surface area contributed by atoms with E-state index in [-0.39, 0.29) is 35.1 Å². The number of carbonyl (C=O) groups excluding carboxylic acids is 1. The molecule has 0 bridgehead atoms. The van der Waals surface area contributed by atoms with Crippen LogP contribution in [0.4, 0.5) is 19.1 Å². The molecule has 1 fully saturated rings. The number of allylic oxidation sites excluding steroid dienone is 1. The Labute approximate surface area is 191 Å². The molecule has 1 aromatic rings. The molecule has 0 spiro atoms. The highest BCUT2D eigenvalue weighted by Gasteiger charge is 2.35. The maximum Gasteiger partial charge on any atom is 0.419 e. The molecule has 2 N–H and O–H groups in total. The van der Waals surface area contributed by atoms with Crippen molar-refractivity contribution in [2.24, 2.45) is 10.9 Å². The fourth-order valence-corrected chi connectivity index (χ4v) is 3.78. The molecule has 178 valence electrons. The smallest absolute Gasteiger partial charge is 0.351 e. The van der Waals surface area contributed by atoms with Crippen LogP contribution >= 0.6 is 11.9 Å². The number of hydrogen-bond acceptors (Lipinski definition) is 7. The van der Waals surface area contributed by atoms with Gasteiger partial charge in [-0.05, 0) is 38.0 Å². The van der Waals surface area contributed by atoms with E-state index >= 15 is 0 Å². The Morgan fingerprint density at radius 2 is 2.03 bits per heavy atom. The molecule has 0 aliphatic carbocycles. The van der Waals surface area contributed by atoms with Crippen LogP contribution in [0.25, 0.3) is 5.57 Å². The summed E-state index contributed by atoms with van der Waals surface area (Å²) < 4.78 is 43.1. The molecule has 1 saturated heterocycles. The highest BCUT2D eigenvalue weighted by atomic mass is 32.2. The molecule has 11 heteroatoms. The molecule has 1 atom stereocenters. The highest BCUT2D eigenvalue weighted by Crippen LogP contribution is 2.34. The van der Waals surface area contributed by atoms with Gasteiger partial charge in [0.15, 0.2) is 0 Å². The lowest BCUT2D eigenvalue weighted by Crippen LogP contribution is -2.35. The predicted molar refractivity (Wildman–Crippen MR) is 123 cm³/mol. The SMILES string of the molecule is CCC(C)C(=N/C=C(\C)c1nc(NC2CCN(SC)CC2)ncc1C(F)(F)F)NC(C)=O. The van der Waals surface area contributed by atoms with E-state index in [1.807, 2.05) is 20.1 Å². The van der Waals surface area contributed by atoms with Crippen LogP contribution in [-0.2, 0) is 11.0 Å². The van der Waals surface area contributed by atoms with Crippen molar-refractivity contribution < 1.29 is 18.0 Å². The molecule has 7 nitrogen and oxygen atoms in total. The van der Waals surface area contributed by atoms with Crippen LogP contribution < -0.4 is 10.6 Å². The molecule has 1 unspecified atom stereocenters. The maximum absolute atomic E-state index is 13.6. The maximum atomic E-state index is 13.6. The second-order valence-electron chi connectivity index (χ2n) is 7.80. The van der Waals surface area contributed by atoms with Crippen molar-refractivity contribution in [3.63, 3.8) is 0 Å². The number of aromatic nitrogens is 2. The van der Waals surface area contributed by atoms with E-state index in [0.717, 1.165) is 38.5 Å². The van der Waals surface area contributed by atoms with E-state index in [2.05, 4.69) is 29.9 Å². The van der Waals surface area contributed by atoms with E-state index in [1.54, 1.807) is 11.9 Å². The Morgan fingerprint density at radius 3 is 2.56 bits per heavy atom. The minimum atomic E-state index is -4.60. The summed E-state index contributed by atoms with van der Waals surface area (Å²) in [5, 5.41) is 5.82. The third-order valence-corrected chi connectivity index (χ3v) is 6.18. The number of anilines is 1. The zero-order valence-corrected chi connectivity index (χ0v) is 19.9. The lowest BCUT2D eigenvalue weighted by Gasteiger charge is -2.30. The number of amidine groups is 1. The third-order valence-electron chi connectivity index (χ3n) is 5.29. The van der Waals surface area contributed by atoms with Gasteiger partial charge < -0.3 is 10.6 Å². The number of halogens is 3. The van der Waals surface area contributed by atoms with E-state index in [9.17, 15) is 18.0 Å². The van der Waals surface area contributed by atoms with Crippen molar-refractivity contribution in [3.05, 3.63) is 23.7 Å². The number of carbonyl (C=O) groups is 1. The van der Waals surface area contributed by atoms with Crippen LogP contribution in [0.1, 0.15) is 58.2 Å². The molecule has 1 aliphatic heterocycles. The second-order valence-corrected chi connectivity index (χ2v) is 8.68. The number of amides is 1. The highest BCUT2D eigenvalue weighted by molar-refractivity contribution is 7.96. The van der Waals surface area contributed by atoms with Gasteiger partial charge in [-0.1, -0.05) is 25.8 Å². The Kier molecular flexibility index (Phi) is 9.50. The van der Waals surface area contributed by atoms with Crippen LogP contribution in [0.15, 0.2) is 17.4 Å².